The van der Waals surface area contributed by atoms with Gasteiger partial charge >= 0.3 is 17.9 Å². The molecule has 130 valence electrons. The van der Waals surface area contributed by atoms with Crippen molar-refractivity contribution in [2.45, 2.75) is 52.1 Å². The SMILES string of the molecule is CC1(C)CCCCC1(C)OC(=O)c1ccc(C(=O)O)cc1C(=O)O. The Hall–Kier alpha value is -2.37. The minimum absolute atomic E-state index is 0.130. The van der Waals surface area contributed by atoms with E-state index in [2.05, 4.69) is 0 Å². The number of carbonyl (C=O) groups is 3. The lowest BCUT2D eigenvalue weighted by Gasteiger charge is -2.47. The van der Waals surface area contributed by atoms with Crippen LogP contribution in [-0.2, 0) is 4.74 Å². The molecule has 0 saturated heterocycles. The zero-order valence-corrected chi connectivity index (χ0v) is 14.1. The average molecular weight is 334 g/mol. The predicted molar refractivity (Wildman–Crippen MR) is 86.4 cm³/mol. The Morgan fingerprint density at radius 3 is 2.12 bits per heavy atom. The van der Waals surface area contributed by atoms with Crippen LogP contribution in [0.25, 0.3) is 0 Å². The average Bonchev–Trinajstić information content (AvgIpc) is 2.49. The standard InChI is InChI=1S/C18H22O6/c1-17(2)8-4-5-9-18(17,3)24-16(23)12-7-6-11(14(19)20)10-13(12)15(21)22/h6-7,10H,4-5,8-9H2,1-3H3,(H,19,20)(H,21,22). The van der Waals surface area contributed by atoms with Crippen molar-refractivity contribution < 1.29 is 29.3 Å². The largest absolute Gasteiger partial charge is 0.478 e. The van der Waals surface area contributed by atoms with Gasteiger partial charge in [0.05, 0.1) is 16.7 Å². The molecule has 0 aliphatic heterocycles. The molecule has 6 heteroatoms. The first-order valence-electron chi connectivity index (χ1n) is 7.91. The number of carboxylic acid groups (broad SMARTS) is 2. The van der Waals surface area contributed by atoms with Crippen molar-refractivity contribution in [2.75, 3.05) is 0 Å². The highest BCUT2D eigenvalue weighted by molar-refractivity contribution is 6.04. The van der Waals surface area contributed by atoms with Gasteiger partial charge in [-0.05, 0) is 44.4 Å². The molecule has 1 aliphatic carbocycles. The second-order valence-electron chi connectivity index (χ2n) is 7.08. The fraction of sp³-hybridized carbons (Fsp3) is 0.500. The summed E-state index contributed by atoms with van der Waals surface area (Å²) in [4.78, 5) is 35.0. The second-order valence-corrected chi connectivity index (χ2v) is 7.08. The minimum Gasteiger partial charge on any atom is -0.478 e. The molecule has 0 amide bonds. The molecule has 6 nitrogen and oxygen atoms in total. The molecule has 1 saturated carbocycles. The molecule has 1 aliphatic rings. The van der Waals surface area contributed by atoms with Crippen molar-refractivity contribution in [3.05, 3.63) is 34.9 Å². The molecule has 1 aromatic rings. The summed E-state index contributed by atoms with van der Waals surface area (Å²) in [5.74, 6) is -3.35. The highest BCUT2D eigenvalue weighted by atomic mass is 16.6. The molecule has 1 atom stereocenters. The zero-order valence-electron chi connectivity index (χ0n) is 14.1. The van der Waals surface area contributed by atoms with Gasteiger partial charge in [0.25, 0.3) is 0 Å². The van der Waals surface area contributed by atoms with Gasteiger partial charge in [0.1, 0.15) is 5.60 Å². The Morgan fingerprint density at radius 1 is 0.958 bits per heavy atom. The third kappa shape index (κ3) is 3.27. The summed E-state index contributed by atoms with van der Waals surface area (Å²) >= 11 is 0. The quantitative estimate of drug-likeness (QED) is 0.816. The maximum absolute atomic E-state index is 12.6. The van der Waals surface area contributed by atoms with E-state index in [-0.39, 0.29) is 22.1 Å². The summed E-state index contributed by atoms with van der Waals surface area (Å²) in [6.07, 6.45) is 3.63. The predicted octanol–water partition coefficient (Wildman–Crippen LogP) is 3.60. The molecule has 1 unspecified atom stereocenters. The van der Waals surface area contributed by atoms with Crippen LogP contribution in [0.4, 0.5) is 0 Å². The van der Waals surface area contributed by atoms with Crippen LogP contribution in [-0.4, -0.2) is 33.7 Å². The molecular formula is C18H22O6. The van der Waals surface area contributed by atoms with Crippen molar-refractivity contribution in [3.8, 4) is 0 Å². The van der Waals surface area contributed by atoms with Gasteiger partial charge in [0.2, 0.25) is 0 Å². The van der Waals surface area contributed by atoms with Gasteiger partial charge < -0.3 is 14.9 Å². The van der Waals surface area contributed by atoms with Crippen molar-refractivity contribution in [1.82, 2.24) is 0 Å². The first kappa shape index (κ1) is 18.0. The molecule has 0 radical (unpaired) electrons. The van der Waals surface area contributed by atoms with Crippen LogP contribution in [0.2, 0.25) is 0 Å². The number of hydrogen-bond donors (Lipinski definition) is 2. The van der Waals surface area contributed by atoms with Crippen LogP contribution < -0.4 is 0 Å². The smallest absolute Gasteiger partial charge is 0.339 e. The highest BCUT2D eigenvalue weighted by Crippen LogP contribution is 2.46. The Kier molecular flexibility index (Phi) is 4.69. The van der Waals surface area contributed by atoms with Gasteiger partial charge in [-0.3, -0.25) is 0 Å². The van der Waals surface area contributed by atoms with E-state index in [1.54, 1.807) is 0 Å². The molecule has 0 spiro atoms. The zero-order chi connectivity index (χ0) is 18.1. The summed E-state index contributed by atoms with van der Waals surface area (Å²) in [5.41, 5.74) is -1.59. The van der Waals surface area contributed by atoms with Crippen LogP contribution in [0.15, 0.2) is 18.2 Å². The summed E-state index contributed by atoms with van der Waals surface area (Å²) in [7, 11) is 0. The van der Waals surface area contributed by atoms with E-state index < -0.39 is 23.5 Å². The molecule has 0 bridgehead atoms. The Balaban J connectivity index is 2.36. The number of benzene rings is 1. The van der Waals surface area contributed by atoms with Gasteiger partial charge in [-0.1, -0.05) is 20.3 Å². The van der Waals surface area contributed by atoms with Crippen molar-refractivity contribution in [1.29, 1.82) is 0 Å². The van der Waals surface area contributed by atoms with Crippen molar-refractivity contribution >= 4 is 17.9 Å². The summed E-state index contributed by atoms with van der Waals surface area (Å²) in [6, 6.07) is 3.39. The molecule has 2 N–H and O–H groups in total. The molecular weight excluding hydrogens is 312 g/mol. The summed E-state index contributed by atoms with van der Waals surface area (Å²) in [6.45, 7) is 5.94. The summed E-state index contributed by atoms with van der Waals surface area (Å²) in [5, 5.41) is 18.3. The van der Waals surface area contributed by atoms with Gasteiger partial charge in [-0.25, -0.2) is 14.4 Å². The second kappa shape index (κ2) is 6.26. The van der Waals surface area contributed by atoms with E-state index in [0.717, 1.165) is 25.3 Å². The van der Waals surface area contributed by atoms with Gasteiger partial charge in [-0.15, -0.1) is 0 Å². The Labute approximate surface area is 140 Å². The van der Waals surface area contributed by atoms with Crippen LogP contribution in [0.5, 0.6) is 0 Å². The topological polar surface area (TPSA) is 101 Å². The number of hydrogen-bond acceptors (Lipinski definition) is 4. The highest BCUT2D eigenvalue weighted by Gasteiger charge is 2.46. The maximum Gasteiger partial charge on any atom is 0.339 e. The van der Waals surface area contributed by atoms with Crippen molar-refractivity contribution in [3.63, 3.8) is 0 Å². The van der Waals surface area contributed by atoms with E-state index in [9.17, 15) is 19.5 Å². The van der Waals surface area contributed by atoms with Gasteiger partial charge in [0, 0.05) is 5.41 Å². The number of esters is 1. The third-order valence-electron chi connectivity index (χ3n) is 5.17. The molecule has 1 fully saturated rings. The number of aromatic carboxylic acids is 2. The lowest BCUT2D eigenvalue weighted by Crippen LogP contribution is -2.48. The molecule has 2 rings (SSSR count). The first-order chi connectivity index (χ1) is 11.1. The fourth-order valence-corrected chi connectivity index (χ4v) is 3.11. The first-order valence-corrected chi connectivity index (χ1v) is 7.91. The molecule has 1 aromatic carbocycles. The van der Waals surface area contributed by atoms with Crippen molar-refractivity contribution in [2.24, 2.45) is 5.41 Å². The Morgan fingerprint density at radius 2 is 1.58 bits per heavy atom. The van der Waals surface area contributed by atoms with Crippen LogP contribution in [0.1, 0.15) is 77.5 Å². The number of rotatable bonds is 4. The Bertz CT molecular complexity index is 691. The minimum atomic E-state index is -1.36. The number of carbonyl (C=O) groups excluding carboxylic acids is 1. The van der Waals surface area contributed by atoms with Gasteiger partial charge in [0.15, 0.2) is 0 Å². The maximum atomic E-state index is 12.6. The normalized spacial score (nSPS) is 22.6. The van der Waals surface area contributed by atoms with E-state index in [4.69, 9.17) is 9.84 Å². The van der Waals surface area contributed by atoms with E-state index in [0.29, 0.717) is 6.42 Å². The van der Waals surface area contributed by atoms with E-state index in [1.165, 1.54) is 12.1 Å². The monoisotopic (exact) mass is 334 g/mol. The molecule has 0 heterocycles. The van der Waals surface area contributed by atoms with Crippen LogP contribution in [0.3, 0.4) is 0 Å². The van der Waals surface area contributed by atoms with E-state index >= 15 is 0 Å². The third-order valence-corrected chi connectivity index (χ3v) is 5.17. The van der Waals surface area contributed by atoms with Crippen LogP contribution in [0, 0.1) is 5.41 Å². The van der Waals surface area contributed by atoms with E-state index in [1.807, 2.05) is 20.8 Å². The number of carboxylic acids is 2. The number of ether oxygens (including phenoxy) is 1. The lowest BCUT2D eigenvalue weighted by atomic mass is 9.66. The van der Waals surface area contributed by atoms with Gasteiger partial charge in [-0.2, -0.15) is 0 Å². The molecule has 0 aromatic heterocycles. The van der Waals surface area contributed by atoms with Crippen LogP contribution >= 0.6 is 0 Å². The molecule has 24 heavy (non-hydrogen) atoms. The summed E-state index contributed by atoms with van der Waals surface area (Å²) < 4.78 is 5.72. The fourth-order valence-electron chi connectivity index (χ4n) is 3.11. The lowest BCUT2D eigenvalue weighted by molar-refractivity contribution is -0.0970.